The molecule has 0 amide bonds. The highest BCUT2D eigenvalue weighted by Crippen LogP contribution is 2.39. The minimum Gasteiger partial charge on any atom is -0.508 e. The molecule has 0 radical (unpaired) electrons. The number of phenolic OH excluding ortho intramolecular Hbond substituents is 4. The van der Waals surface area contributed by atoms with Gasteiger partial charge in [-0.1, -0.05) is 0 Å². The van der Waals surface area contributed by atoms with Gasteiger partial charge in [0.1, 0.15) is 46.9 Å². The largest absolute Gasteiger partial charge is 0.508 e. The van der Waals surface area contributed by atoms with E-state index in [0.29, 0.717) is 0 Å². The molecule has 2 aromatic carbocycles. The van der Waals surface area contributed by atoms with E-state index in [1.807, 2.05) is 0 Å². The molecule has 5 atom stereocenters. The topological polar surface area (TPSA) is 211 Å². The van der Waals surface area contributed by atoms with E-state index in [9.17, 15) is 45.6 Å². The van der Waals surface area contributed by atoms with Crippen molar-refractivity contribution in [3.05, 3.63) is 40.6 Å². The summed E-state index contributed by atoms with van der Waals surface area (Å²) in [6.45, 7) is -0.740. The highest BCUT2D eigenvalue weighted by molar-refractivity contribution is 5.88. The van der Waals surface area contributed by atoms with Gasteiger partial charge >= 0.3 is 0 Å². The first-order chi connectivity index (χ1) is 15.6. The number of benzene rings is 2. The molecule has 0 saturated carbocycles. The van der Waals surface area contributed by atoms with E-state index in [4.69, 9.17) is 13.9 Å². The van der Waals surface area contributed by atoms with Crippen LogP contribution in [0.4, 0.5) is 0 Å². The molecule has 4 rings (SSSR count). The Balaban J connectivity index is 1.91. The number of rotatable bonds is 4. The Labute approximate surface area is 184 Å². The van der Waals surface area contributed by atoms with Crippen LogP contribution >= 0.6 is 0 Å². The number of phenols is 4. The van der Waals surface area contributed by atoms with Crippen LogP contribution < -0.4 is 10.2 Å². The second kappa shape index (κ2) is 8.42. The summed E-state index contributed by atoms with van der Waals surface area (Å²) in [5, 5.41) is 78.7. The lowest BCUT2D eigenvalue weighted by molar-refractivity contribution is -0.277. The second-order valence-electron chi connectivity index (χ2n) is 7.45. The van der Waals surface area contributed by atoms with Crippen LogP contribution in [-0.4, -0.2) is 78.2 Å². The van der Waals surface area contributed by atoms with E-state index < -0.39 is 71.5 Å². The minimum absolute atomic E-state index is 0.0201. The summed E-state index contributed by atoms with van der Waals surface area (Å²) in [4.78, 5) is 13.2. The normalized spacial score (nSPS) is 25.3. The third-order valence-corrected chi connectivity index (χ3v) is 5.24. The highest BCUT2D eigenvalue weighted by atomic mass is 16.7. The van der Waals surface area contributed by atoms with E-state index in [1.54, 1.807) is 0 Å². The Morgan fingerprint density at radius 3 is 2.27 bits per heavy atom. The molecule has 0 unspecified atom stereocenters. The monoisotopic (exact) mass is 464 g/mol. The SMILES string of the molecule is O=c1c(O[C@H]2O[C@@H](CO)[C@@H](O)[C@H](O)[C@H]2O)c(-c2ccc(O)c(O)c2)oc2cc(O)cc(O)c12. The Morgan fingerprint density at radius 1 is 0.879 bits per heavy atom. The van der Waals surface area contributed by atoms with E-state index >= 15 is 0 Å². The number of hydrogen-bond acceptors (Lipinski definition) is 12. The number of hydrogen-bond donors (Lipinski definition) is 8. The van der Waals surface area contributed by atoms with Gasteiger partial charge in [0.25, 0.3) is 0 Å². The Bertz CT molecular complexity index is 1250. The van der Waals surface area contributed by atoms with E-state index in [0.717, 1.165) is 24.3 Å². The lowest BCUT2D eigenvalue weighted by atomic mass is 9.99. The van der Waals surface area contributed by atoms with Crippen LogP contribution in [0, 0.1) is 0 Å². The molecule has 1 aliphatic heterocycles. The maximum atomic E-state index is 13.2. The maximum Gasteiger partial charge on any atom is 0.239 e. The first-order valence-corrected chi connectivity index (χ1v) is 9.64. The van der Waals surface area contributed by atoms with E-state index in [-0.39, 0.29) is 22.3 Å². The average Bonchev–Trinajstić information content (AvgIpc) is 2.76. The van der Waals surface area contributed by atoms with Crippen LogP contribution in [0.2, 0.25) is 0 Å². The fourth-order valence-electron chi connectivity index (χ4n) is 3.51. The van der Waals surface area contributed by atoms with Gasteiger partial charge < -0.3 is 54.7 Å². The molecule has 1 aliphatic rings. The van der Waals surface area contributed by atoms with Crippen molar-refractivity contribution in [1.82, 2.24) is 0 Å². The van der Waals surface area contributed by atoms with E-state index in [1.165, 1.54) is 6.07 Å². The first kappa shape index (κ1) is 22.6. The Kier molecular flexibility index (Phi) is 5.78. The predicted octanol–water partition coefficient (Wildman–Crippen LogP) is -0.539. The zero-order chi connectivity index (χ0) is 24.0. The molecule has 8 N–H and O–H groups in total. The van der Waals surface area contributed by atoms with Gasteiger partial charge in [-0.3, -0.25) is 4.79 Å². The molecule has 2 heterocycles. The van der Waals surface area contributed by atoms with Crippen molar-refractivity contribution < 1.29 is 54.7 Å². The fraction of sp³-hybridized carbons (Fsp3) is 0.286. The fourth-order valence-corrected chi connectivity index (χ4v) is 3.51. The zero-order valence-corrected chi connectivity index (χ0v) is 16.7. The van der Waals surface area contributed by atoms with Crippen LogP contribution in [0.15, 0.2) is 39.5 Å². The standard InChI is InChI=1S/C21H20O12/c22-6-13-15(27)17(29)18(30)21(32-13)33-20-16(28)14-11(26)4-8(23)5-12(14)31-19(20)7-1-2-9(24)10(25)3-7/h1-5,13,15,17-18,21-27,29-30H,6H2/t13-,15+,17-,18+,21+/m0/s1. The average molecular weight is 464 g/mol. The number of aliphatic hydroxyl groups is 4. The Morgan fingerprint density at radius 2 is 1.61 bits per heavy atom. The molecular formula is C21H20O12. The summed E-state index contributed by atoms with van der Waals surface area (Å²) < 4.78 is 16.5. The molecule has 3 aromatic rings. The first-order valence-electron chi connectivity index (χ1n) is 9.64. The van der Waals surface area contributed by atoms with Crippen molar-refractivity contribution in [2.75, 3.05) is 6.61 Å². The van der Waals surface area contributed by atoms with Crippen LogP contribution in [0.1, 0.15) is 0 Å². The summed E-state index contributed by atoms with van der Waals surface area (Å²) in [6.07, 6.45) is -8.40. The van der Waals surface area contributed by atoms with Gasteiger partial charge in [-0.2, -0.15) is 0 Å². The van der Waals surface area contributed by atoms with E-state index in [2.05, 4.69) is 0 Å². The molecule has 33 heavy (non-hydrogen) atoms. The van der Waals surface area contributed by atoms with Gasteiger partial charge in [0, 0.05) is 17.7 Å². The second-order valence-corrected chi connectivity index (χ2v) is 7.45. The molecule has 176 valence electrons. The number of aromatic hydroxyl groups is 4. The maximum absolute atomic E-state index is 13.2. The lowest BCUT2D eigenvalue weighted by Gasteiger charge is -2.39. The number of ether oxygens (including phenoxy) is 2. The summed E-state index contributed by atoms with van der Waals surface area (Å²) in [5.41, 5.74) is -1.19. The van der Waals surface area contributed by atoms with Gasteiger partial charge in [-0.15, -0.1) is 0 Å². The smallest absolute Gasteiger partial charge is 0.239 e. The molecule has 0 aliphatic carbocycles. The molecule has 1 aromatic heterocycles. The summed E-state index contributed by atoms with van der Waals surface area (Å²) in [7, 11) is 0. The predicted molar refractivity (Wildman–Crippen MR) is 109 cm³/mol. The van der Waals surface area contributed by atoms with Crippen molar-refractivity contribution in [2.24, 2.45) is 0 Å². The van der Waals surface area contributed by atoms with Gasteiger partial charge in [-0.05, 0) is 18.2 Å². The third-order valence-electron chi connectivity index (χ3n) is 5.24. The van der Waals surface area contributed by atoms with Crippen LogP contribution in [0.3, 0.4) is 0 Å². The molecule has 12 nitrogen and oxygen atoms in total. The molecular weight excluding hydrogens is 444 g/mol. The van der Waals surface area contributed by atoms with Crippen molar-refractivity contribution in [3.8, 4) is 40.1 Å². The van der Waals surface area contributed by atoms with Gasteiger partial charge in [0.05, 0.1) is 6.61 Å². The molecule has 0 bridgehead atoms. The van der Waals surface area contributed by atoms with Crippen molar-refractivity contribution in [3.63, 3.8) is 0 Å². The minimum atomic E-state index is -1.85. The van der Waals surface area contributed by atoms with Gasteiger partial charge in [-0.25, -0.2) is 0 Å². The van der Waals surface area contributed by atoms with Gasteiger partial charge in [0.15, 0.2) is 17.3 Å². The molecule has 0 spiro atoms. The quantitative estimate of drug-likeness (QED) is 0.229. The molecule has 1 saturated heterocycles. The highest BCUT2D eigenvalue weighted by Gasteiger charge is 2.45. The van der Waals surface area contributed by atoms with Crippen LogP contribution in [0.25, 0.3) is 22.3 Å². The van der Waals surface area contributed by atoms with Crippen molar-refractivity contribution >= 4 is 11.0 Å². The van der Waals surface area contributed by atoms with Gasteiger partial charge in [0.2, 0.25) is 17.5 Å². The summed E-state index contributed by atoms with van der Waals surface area (Å²) >= 11 is 0. The Hall–Kier alpha value is -3.55. The third kappa shape index (κ3) is 3.90. The van der Waals surface area contributed by atoms with Crippen molar-refractivity contribution in [1.29, 1.82) is 0 Å². The zero-order valence-electron chi connectivity index (χ0n) is 16.7. The summed E-state index contributed by atoms with van der Waals surface area (Å²) in [6, 6.07) is 5.36. The molecule has 12 heteroatoms. The summed E-state index contributed by atoms with van der Waals surface area (Å²) in [5.74, 6) is -3.05. The number of aliphatic hydroxyl groups excluding tert-OH is 4. The molecule has 1 fully saturated rings. The van der Waals surface area contributed by atoms with Crippen LogP contribution in [-0.2, 0) is 4.74 Å². The lowest BCUT2D eigenvalue weighted by Crippen LogP contribution is -2.60. The van der Waals surface area contributed by atoms with Crippen LogP contribution in [0.5, 0.6) is 28.7 Å². The number of fused-ring (bicyclic) bond motifs is 1. The van der Waals surface area contributed by atoms with Crippen molar-refractivity contribution in [2.45, 2.75) is 30.7 Å².